The second kappa shape index (κ2) is 6.99. The molecule has 0 aliphatic rings. The van der Waals surface area contributed by atoms with E-state index in [9.17, 15) is 4.79 Å². The van der Waals surface area contributed by atoms with Crippen LogP contribution in [0.1, 0.15) is 31.1 Å². The molecule has 0 aliphatic carbocycles. The standard InChI is InChI=1S/C14H23N3O2/c1-4-19-8-12(9(2)3)17-11-7-5-6-10(13(11)15)14(16)18/h5-7,9,12,17H,4,8,15H2,1-3H3,(H2,16,18). The Kier molecular flexibility index (Phi) is 5.63. The number of carbonyl (C=O) groups is 1. The third-order valence-electron chi connectivity index (χ3n) is 3.02. The number of para-hydroxylation sites is 1. The molecule has 5 nitrogen and oxygen atoms in total. The van der Waals surface area contributed by atoms with Crippen LogP contribution in [0.3, 0.4) is 0 Å². The summed E-state index contributed by atoms with van der Waals surface area (Å²) in [6.45, 7) is 7.42. The second-order valence-electron chi connectivity index (χ2n) is 4.79. The van der Waals surface area contributed by atoms with Crippen LogP contribution >= 0.6 is 0 Å². The number of hydrogen-bond donors (Lipinski definition) is 3. The zero-order valence-electron chi connectivity index (χ0n) is 11.8. The van der Waals surface area contributed by atoms with Gasteiger partial charge < -0.3 is 21.5 Å². The highest BCUT2D eigenvalue weighted by atomic mass is 16.5. The molecule has 0 heterocycles. The van der Waals surface area contributed by atoms with Gasteiger partial charge in [-0.3, -0.25) is 4.79 Å². The predicted molar refractivity (Wildman–Crippen MR) is 78.1 cm³/mol. The summed E-state index contributed by atoms with van der Waals surface area (Å²) in [6, 6.07) is 5.35. The molecule has 0 spiro atoms. The lowest BCUT2D eigenvalue weighted by Crippen LogP contribution is -2.31. The molecule has 1 unspecified atom stereocenters. The Bertz CT molecular complexity index is 433. The van der Waals surface area contributed by atoms with Gasteiger partial charge in [0.1, 0.15) is 0 Å². The molecule has 1 rings (SSSR count). The van der Waals surface area contributed by atoms with Gasteiger partial charge in [0.05, 0.1) is 29.6 Å². The molecular formula is C14H23N3O2. The van der Waals surface area contributed by atoms with E-state index < -0.39 is 5.91 Å². The number of primary amides is 1. The molecule has 0 fully saturated rings. The van der Waals surface area contributed by atoms with Gasteiger partial charge >= 0.3 is 0 Å². The number of nitrogens with one attached hydrogen (secondary N) is 1. The lowest BCUT2D eigenvalue weighted by atomic mass is 10.0. The average molecular weight is 265 g/mol. The molecule has 1 atom stereocenters. The fourth-order valence-electron chi connectivity index (χ4n) is 1.75. The van der Waals surface area contributed by atoms with E-state index in [-0.39, 0.29) is 6.04 Å². The van der Waals surface area contributed by atoms with Crippen molar-refractivity contribution < 1.29 is 9.53 Å². The molecule has 106 valence electrons. The molecule has 0 aliphatic heterocycles. The minimum absolute atomic E-state index is 0.130. The highest BCUT2D eigenvalue weighted by molar-refractivity contribution is 6.00. The molecule has 1 amide bonds. The van der Waals surface area contributed by atoms with Gasteiger partial charge in [0.25, 0.3) is 5.91 Å². The second-order valence-corrected chi connectivity index (χ2v) is 4.79. The molecule has 1 aromatic carbocycles. The van der Waals surface area contributed by atoms with Crippen molar-refractivity contribution in [2.24, 2.45) is 11.7 Å². The van der Waals surface area contributed by atoms with Crippen LogP contribution in [-0.2, 0) is 4.74 Å². The zero-order valence-corrected chi connectivity index (χ0v) is 11.8. The van der Waals surface area contributed by atoms with E-state index in [2.05, 4.69) is 19.2 Å². The van der Waals surface area contributed by atoms with E-state index in [1.807, 2.05) is 13.0 Å². The summed E-state index contributed by atoms with van der Waals surface area (Å²) in [4.78, 5) is 11.3. The first-order valence-corrected chi connectivity index (χ1v) is 6.49. The first-order chi connectivity index (χ1) is 8.97. The maximum atomic E-state index is 11.3. The molecule has 0 saturated carbocycles. The van der Waals surface area contributed by atoms with Crippen molar-refractivity contribution >= 4 is 17.3 Å². The van der Waals surface area contributed by atoms with E-state index in [0.717, 1.165) is 5.69 Å². The summed E-state index contributed by atoms with van der Waals surface area (Å²) in [6.07, 6.45) is 0. The van der Waals surface area contributed by atoms with Gasteiger partial charge in [0, 0.05) is 6.61 Å². The summed E-state index contributed by atoms with van der Waals surface area (Å²) in [5, 5.41) is 3.32. The maximum Gasteiger partial charge on any atom is 0.250 e. The summed E-state index contributed by atoms with van der Waals surface area (Å²) < 4.78 is 5.45. The summed E-state index contributed by atoms with van der Waals surface area (Å²) in [7, 11) is 0. The minimum atomic E-state index is -0.521. The smallest absolute Gasteiger partial charge is 0.250 e. The fraction of sp³-hybridized carbons (Fsp3) is 0.500. The Hall–Kier alpha value is -1.75. The summed E-state index contributed by atoms with van der Waals surface area (Å²) >= 11 is 0. The highest BCUT2D eigenvalue weighted by Gasteiger charge is 2.16. The van der Waals surface area contributed by atoms with Crippen LogP contribution in [0.4, 0.5) is 11.4 Å². The first kappa shape index (κ1) is 15.3. The first-order valence-electron chi connectivity index (χ1n) is 6.49. The third-order valence-corrected chi connectivity index (χ3v) is 3.02. The molecule has 0 saturated heterocycles. The number of amides is 1. The monoisotopic (exact) mass is 265 g/mol. The third kappa shape index (κ3) is 4.13. The Labute approximate surface area is 114 Å². The molecule has 0 radical (unpaired) electrons. The van der Waals surface area contributed by atoms with Crippen molar-refractivity contribution in [1.82, 2.24) is 0 Å². The number of nitrogen functional groups attached to an aromatic ring is 1. The van der Waals surface area contributed by atoms with Crippen LogP contribution in [0, 0.1) is 5.92 Å². The maximum absolute atomic E-state index is 11.3. The average Bonchev–Trinajstić information content (AvgIpc) is 2.35. The molecule has 1 aromatic rings. The Morgan fingerprint density at radius 1 is 1.42 bits per heavy atom. The van der Waals surface area contributed by atoms with Crippen LogP contribution in [0.25, 0.3) is 0 Å². The van der Waals surface area contributed by atoms with Gasteiger partial charge in [-0.2, -0.15) is 0 Å². The molecule has 19 heavy (non-hydrogen) atoms. The zero-order chi connectivity index (χ0) is 14.4. The number of ether oxygens (including phenoxy) is 1. The van der Waals surface area contributed by atoms with Gasteiger partial charge in [-0.25, -0.2) is 0 Å². The van der Waals surface area contributed by atoms with Gasteiger partial charge in [0.15, 0.2) is 0 Å². The van der Waals surface area contributed by atoms with Crippen LogP contribution in [-0.4, -0.2) is 25.2 Å². The van der Waals surface area contributed by atoms with Crippen molar-refractivity contribution in [2.45, 2.75) is 26.8 Å². The SMILES string of the molecule is CCOCC(Nc1cccc(C(N)=O)c1N)C(C)C. The van der Waals surface area contributed by atoms with E-state index in [1.165, 1.54) is 0 Å². The number of carbonyl (C=O) groups excluding carboxylic acids is 1. The normalized spacial score (nSPS) is 12.4. The van der Waals surface area contributed by atoms with E-state index in [4.69, 9.17) is 16.2 Å². The van der Waals surface area contributed by atoms with E-state index in [1.54, 1.807) is 12.1 Å². The van der Waals surface area contributed by atoms with Crippen LogP contribution in [0.2, 0.25) is 0 Å². The number of hydrogen-bond acceptors (Lipinski definition) is 4. The number of rotatable bonds is 7. The van der Waals surface area contributed by atoms with Crippen molar-refractivity contribution in [3.8, 4) is 0 Å². The molecule has 0 bridgehead atoms. The Morgan fingerprint density at radius 2 is 2.11 bits per heavy atom. The summed E-state index contributed by atoms with van der Waals surface area (Å²) in [5.41, 5.74) is 12.7. The molecule has 5 N–H and O–H groups in total. The van der Waals surface area contributed by atoms with E-state index in [0.29, 0.717) is 30.4 Å². The van der Waals surface area contributed by atoms with Gasteiger partial charge in [-0.1, -0.05) is 19.9 Å². The number of nitrogens with two attached hydrogens (primary N) is 2. The van der Waals surface area contributed by atoms with E-state index >= 15 is 0 Å². The molecular weight excluding hydrogens is 242 g/mol. The quantitative estimate of drug-likeness (QED) is 0.656. The van der Waals surface area contributed by atoms with Crippen molar-refractivity contribution in [2.75, 3.05) is 24.3 Å². The molecule has 5 heteroatoms. The highest BCUT2D eigenvalue weighted by Crippen LogP contribution is 2.24. The lowest BCUT2D eigenvalue weighted by molar-refractivity contribution is 0.100. The van der Waals surface area contributed by atoms with Crippen LogP contribution in [0.5, 0.6) is 0 Å². The Morgan fingerprint density at radius 3 is 2.63 bits per heavy atom. The predicted octanol–water partition coefficient (Wildman–Crippen LogP) is 1.84. The van der Waals surface area contributed by atoms with Gasteiger partial charge in [-0.05, 0) is 25.0 Å². The van der Waals surface area contributed by atoms with Crippen molar-refractivity contribution in [3.05, 3.63) is 23.8 Å². The Balaban J connectivity index is 2.90. The number of benzene rings is 1. The molecule has 0 aromatic heterocycles. The topological polar surface area (TPSA) is 90.4 Å². The van der Waals surface area contributed by atoms with Crippen LogP contribution in [0.15, 0.2) is 18.2 Å². The number of anilines is 2. The largest absolute Gasteiger partial charge is 0.396 e. The van der Waals surface area contributed by atoms with Crippen molar-refractivity contribution in [1.29, 1.82) is 0 Å². The van der Waals surface area contributed by atoms with Crippen molar-refractivity contribution in [3.63, 3.8) is 0 Å². The fourth-order valence-corrected chi connectivity index (χ4v) is 1.75. The lowest BCUT2D eigenvalue weighted by Gasteiger charge is -2.24. The van der Waals surface area contributed by atoms with Crippen LogP contribution < -0.4 is 16.8 Å². The van der Waals surface area contributed by atoms with Gasteiger partial charge in [0.2, 0.25) is 0 Å². The summed E-state index contributed by atoms with van der Waals surface area (Å²) in [5.74, 6) is -0.143. The minimum Gasteiger partial charge on any atom is -0.396 e. The van der Waals surface area contributed by atoms with Gasteiger partial charge in [-0.15, -0.1) is 0 Å².